The molecule has 0 amide bonds. The smallest absolute Gasteiger partial charge is 0.334 e. The van der Waals surface area contributed by atoms with Crippen molar-refractivity contribution in [3.63, 3.8) is 0 Å². The van der Waals surface area contributed by atoms with Crippen molar-refractivity contribution in [3.8, 4) is 0 Å². The van der Waals surface area contributed by atoms with Gasteiger partial charge in [-0.2, -0.15) is 0 Å². The number of aliphatic hydroxyl groups excluding tert-OH is 1. The number of hydrogen-bond donors (Lipinski definition) is 1. The summed E-state index contributed by atoms with van der Waals surface area (Å²) >= 11 is 0. The second-order valence-electron chi connectivity index (χ2n) is 9.52. The van der Waals surface area contributed by atoms with Crippen LogP contribution in [0, 0.1) is 11.8 Å². The fourth-order valence-electron chi connectivity index (χ4n) is 3.98. The van der Waals surface area contributed by atoms with Gasteiger partial charge in [0.15, 0.2) is 0 Å². The molecule has 1 aliphatic carbocycles. The lowest BCUT2D eigenvalue weighted by Crippen LogP contribution is -2.42. The van der Waals surface area contributed by atoms with Gasteiger partial charge >= 0.3 is 11.9 Å². The Kier molecular flexibility index (Phi) is 7.71. The molecule has 2 aliphatic rings. The molecule has 172 valence electrons. The van der Waals surface area contributed by atoms with E-state index in [-0.39, 0.29) is 23.2 Å². The molecule has 6 atom stereocenters. The number of esters is 2. The van der Waals surface area contributed by atoms with E-state index in [2.05, 4.69) is 19.7 Å². The topological polar surface area (TPSA) is 82.1 Å². The molecule has 0 spiro atoms. The molecule has 0 radical (unpaired) electrons. The molecule has 0 unspecified atom stereocenters. The summed E-state index contributed by atoms with van der Waals surface area (Å²) in [6, 6.07) is 0. The normalized spacial score (nSPS) is 33.6. The van der Waals surface area contributed by atoms with Crippen LogP contribution >= 0.6 is 0 Å². The van der Waals surface area contributed by atoms with Crippen molar-refractivity contribution in [2.45, 2.75) is 84.4 Å². The molecule has 2 rings (SSSR count). The number of ether oxygens (including phenoxy) is 3. The van der Waals surface area contributed by atoms with Crippen LogP contribution in [0.4, 0.5) is 0 Å². The summed E-state index contributed by atoms with van der Waals surface area (Å²) < 4.78 is 17.5. The Labute approximate surface area is 185 Å². The van der Waals surface area contributed by atoms with Crippen molar-refractivity contribution in [3.05, 3.63) is 48.1 Å². The standard InChI is InChI=1S/C25H36O6/c1-13(2)23(27)29-19-11-15(5)10-18(31-25(8,9)14(3)4)12-16(6)21(26)22-20(19)17(7)24(28)30-22/h12,15,18-22,26H,1,3,7,10-11H2,2,4-6,8-9H3/b16-12-/t15-,18-,19-,20+,21+,22-/m0/s1. The quantitative estimate of drug-likeness (QED) is 0.401. The van der Waals surface area contributed by atoms with Crippen LogP contribution in [0.15, 0.2) is 48.1 Å². The van der Waals surface area contributed by atoms with E-state index in [4.69, 9.17) is 14.2 Å². The number of rotatable bonds is 5. The van der Waals surface area contributed by atoms with Crippen LogP contribution < -0.4 is 0 Å². The minimum atomic E-state index is -1.08. The SMILES string of the molecule is C=C(C)C(=O)O[C@H]1C[C@@H](C)C[C@H](OC(C)(C)C(=C)C)/C=C(/C)[C@@H](O)[C@H]2OC(=O)C(=C)[C@@H]21. The molecule has 1 N–H and O–H groups in total. The third-order valence-corrected chi connectivity index (χ3v) is 6.24. The molecule has 1 aliphatic heterocycles. The maximum absolute atomic E-state index is 12.3. The number of carbonyl (C=O) groups excluding carboxylic acids is 2. The first-order valence-electron chi connectivity index (χ1n) is 10.7. The lowest BCUT2D eigenvalue weighted by molar-refractivity contribution is -0.152. The first-order valence-corrected chi connectivity index (χ1v) is 10.7. The van der Waals surface area contributed by atoms with Crippen molar-refractivity contribution in [2.75, 3.05) is 0 Å². The Morgan fingerprint density at radius 3 is 2.42 bits per heavy atom. The van der Waals surface area contributed by atoms with Crippen molar-refractivity contribution in [2.24, 2.45) is 11.8 Å². The fraction of sp³-hybridized carbons (Fsp3) is 0.600. The molecule has 0 aromatic carbocycles. The predicted octanol–water partition coefficient (Wildman–Crippen LogP) is 4.05. The van der Waals surface area contributed by atoms with Gasteiger partial charge < -0.3 is 19.3 Å². The fourth-order valence-corrected chi connectivity index (χ4v) is 3.98. The molecule has 1 saturated heterocycles. The lowest BCUT2D eigenvalue weighted by Gasteiger charge is -2.36. The van der Waals surface area contributed by atoms with Crippen molar-refractivity contribution in [1.82, 2.24) is 0 Å². The molecular formula is C25H36O6. The Morgan fingerprint density at radius 1 is 1.26 bits per heavy atom. The average molecular weight is 433 g/mol. The van der Waals surface area contributed by atoms with Gasteiger partial charge in [0, 0.05) is 11.1 Å². The molecule has 6 heteroatoms. The molecular weight excluding hydrogens is 396 g/mol. The Hall–Kier alpha value is -2.18. The van der Waals surface area contributed by atoms with Crippen LogP contribution in [-0.4, -0.2) is 47.1 Å². The zero-order valence-electron chi connectivity index (χ0n) is 19.6. The largest absolute Gasteiger partial charge is 0.458 e. The highest BCUT2D eigenvalue weighted by Crippen LogP contribution is 2.39. The van der Waals surface area contributed by atoms with Gasteiger partial charge in [-0.1, -0.05) is 32.7 Å². The van der Waals surface area contributed by atoms with Gasteiger partial charge in [0.2, 0.25) is 0 Å². The molecule has 1 fully saturated rings. The van der Waals surface area contributed by atoms with Gasteiger partial charge in [-0.25, -0.2) is 9.59 Å². The van der Waals surface area contributed by atoms with E-state index in [0.717, 1.165) is 5.57 Å². The zero-order chi connectivity index (χ0) is 23.7. The van der Waals surface area contributed by atoms with Crippen molar-refractivity contribution < 1.29 is 28.9 Å². The second kappa shape index (κ2) is 9.53. The van der Waals surface area contributed by atoms with E-state index < -0.39 is 41.8 Å². The number of fused-ring (bicyclic) bond motifs is 1. The number of hydrogen-bond acceptors (Lipinski definition) is 6. The number of aliphatic hydroxyl groups is 1. The second-order valence-corrected chi connectivity index (χ2v) is 9.52. The van der Waals surface area contributed by atoms with Gasteiger partial charge in [0.1, 0.15) is 18.3 Å². The highest BCUT2D eigenvalue weighted by molar-refractivity contribution is 5.91. The van der Waals surface area contributed by atoms with E-state index in [1.165, 1.54) is 0 Å². The minimum Gasteiger partial charge on any atom is -0.458 e. The van der Waals surface area contributed by atoms with Gasteiger partial charge in [-0.3, -0.25) is 0 Å². The molecule has 1 heterocycles. The van der Waals surface area contributed by atoms with E-state index in [1.54, 1.807) is 13.8 Å². The lowest BCUT2D eigenvalue weighted by atomic mass is 9.80. The maximum Gasteiger partial charge on any atom is 0.334 e. The van der Waals surface area contributed by atoms with Crippen molar-refractivity contribution in [1.29, 1.82) is 0 Å². The van der Waals surface area contributed by atoms with Gasteiger partial charge in [-0.15, -0.1) is 0 Å². The minimum absolute atomic E-state index is 0.0808. The maximum atomic E-state index is 12.3. The van der Waals surface area contributed by atoms with Crippen LogP contribution in [0.25, 0.3) is 0 Å². The molecule has 6 nitrogen and oxygen atoms in total. The summed E-state index contributed by atoms with van der Waals surface area (Å²) in [5.41, 5.74) is 1.43. The first kappa shape index (κ1) is 25.1. The predicted molar refractivity (Wildman–Crippen MR) is 119 cm³/mol. The monoisotopic (exact) mass is 432 g/mol. The highest BCUT2D eigenvalue weighted by Gasteiger charge is 2.49. The summed E-state index contributed by atoms with van der Waals surface area (Å²) in [6.07, 6.45) is 0.0386. The third kappa shape index (κ3) is 5.74. The summed E-state index contributed by atoms with van der Waals surface area (Å²) in [5.74, 6) is -1.68. The van der Waals surface area contributed by atoms with Gasteiger partial charge in [-0.05, 0) is 64.5 Å². The third-order valence-electron chi connectivity index (χ3n) is 6.24. The molecule has 31 heavy (non-hydrogen) atoms. The summed E-state index contributed by atoms with van der Waals surface area (Å²) in [5, 5.41) is 11.0. The Morgan fingerprint density at radius 2 is 1.87 bits per heavy atom. The molecule has 0 aromatic heterocycles. The van der Waals surface area contributed by atoms with Crippen molar-refractivity contribution >= 4 is 11.9 Å². The summed E-state index contributed by atoms with van der Waals surface area (Å²) in [6.45, 7) is 22.7. The van der Waals surface area contributed by atoms with Crippen LogP contribution in [0.2, 0.25) is 0 Å². The van der Waals surface area contributed by atoms with E-state index >= 15 is 0 Å². The average Bonchev–Trinajstić information content (AvgIpc) is 2.93. The van der Waals surface area contributed by atoms with E-state index in [9.17, 15) is 14.7 Å². The van der Waals surface area contributed by atoms with Crippen LogP contribution in [0.5, 0.6) is 0 Å². The van der Waals surface area contributed by atoms with Gasteiger partial charge in [0.25, 0.3) is 0 Å². The summed E-state index contributed by atoms with van der Waals surface area (Å²) in [4.78, 5) is 24.7. The first-order chi connectivity index (χ1) is 14.2. The highest BCUT2D eigenvalue weighted by atomic mass is 16.6. The van der Waals surface area contributed by atoms with Crippen LogP contribution in [0.3, 0.4) is 0 Å². The van der Waals surface area contributed by atoms with Crippen LogP contribution in [-0.2, 0) is 23.8 Å². The summed E-state index contributed by atoms with van der Waals surface area (Å²) in [7, 11) is 0. The molecule has 0 bridgehead atoms. The Bertz CT molecular complexity index is 805. The van der Waals surface area contributed by atoms with Crippen LogP contribution in [0.1, 0.15) is 54.4 Å². The van der Waals surface area contributed by atoms with Gasteiger partial charge in [0.05, 0.1) is 17.6 Å². The van der Waals surface area contributed by atoms with E-state index in [0.29, 0.717) is 18.4 Å². The molecule has 0 saturated carbocycles. The van der Waals surface area contributed by atoms with E-state index in [1.807, 2.05) is 33.8 Å². The Balaban J connectivity index is 2.46. The molecule has 0 aromatic rings. The zero-order valence-corrected chi connectivity index (χ0v) is 19.6. The number of carbonyl (C=O) groups is 2.